The summed E-state index contributed by atoms with van der Waals surface area (Å²) in [5, 5.41) is 13.9. The van der Waals surface area contributed by atoms with E-state index >= 15 is 0 Å². The van der Waals surface area contributed by atoms with Gasteiger partial charge in [0.05, 0.1) is 4.92 Å². The van der Waals surface area contributed by atoms with Gasteiger partial charge in [-0.2, -0.15) is 0 Å². The largest absolute Gasteiger partial charge is 0.492 e. The van der Waals surface area contributed by atoms with Gasteiger partial charge in [-0.15, -0.1) is 0 Å². The van der Waals surface area contributed by atoms with Crippen molar-refractivity contribution < 1.29 is 9.66 Å². The Hall–Kier alpha value is -2.40. The highest BCUT2D eigenvalue weighted by Gasteiger charge is 2.04. The first-order valence-corrected chi connectivity index (χ1v) is 6.78. The topological polar surface area (TPSA) is 64.4 Å². The number of nitro groups is 1. The van der Waals surface area contributed by atoms with Gasteiger partial charge in [0.1, 0.15) is 12.4 Å². The van der Waals surface area contributed by atoms with Crippen LogP contribution in [0.4, 0.5) is 5.69 Å². The van der Waals surface area contributed by atoms with Crippen LogP contribution in [0.1, 0.15) is 11.1 Å². The molecule has 0 heterocycles. The Bertz CT molecular complexity index is 614. The molecular formula is C16H18N2O3. The van der Waals surface area contributed by atoms with Crippen molar-refractivity contribution in [2.24, 2.45) is 0 Å². The summed E-state index contributed by atoms with van der Waals surface area (Å²) in [6.07, 6.45) is 0. The Kier molecular flexibility index (Phi) is 5.29. The van der Waals surface area contributed by atoms with Crippen LogP contribution in [0.2, 0.25) is 0 Å². The van der Waals surface area contributed by atoms with E-state index in [1.165, 1.54) is 6.07 Å². The molecule has 5 nitrogen and oxygen atoms in total. The molecule has 2 rings (SSSR count). The minimum absolute atomic E-state index is 0.116. The van der Waals surface area contributed by atoms with Crippen LogP contribution in [0.5, 0.6) is 5.75 Å². The molecular weight excluding hydrogens is 268 g/mol. The Labute approximate surface area is 123 Å². The number of hydrogen-bond acceptors (Lipinski definition) is 4. The van der Waals surface area contributed by atoms with Crippen LogP contribution in [0.3, 0.4) is 0 Å². The van der Waals surface area contributed by atoms with E-state index < -0.39 is 0 Å². The molecule has 0 spiro atoms. The lowest BCUT2D eigenvalue weighted by Crippen LogP contribution is -2.20. The molecule has 0 aromatic heterocycles. The summed E-state index contributed by atoms with van der Waals surface area (Å²) >= 11 is 0. The fourth-order valence-corrected chi connectivity index (χ4v) is 1.96. The van der Waals surface area contributed by atoms with Crippen molar-refractivity contribution in [1.29, 1.82) is 0 Å². The van der Waals surface area contributed by atoms with Crippen LogP contribution >= 0.6 is 0 Å². The molecule has 0 saturated carbocycles. The third kappa shape index (κ3) is 4.89. The van der Waals surface area contributed by atoms with E-state index in [4.69, 9.17) is 4.74 Å². The third-order valence-electron chi connectivity index (χ3n) is 2.99. The maximum atomic E-state index is 10.7. The Balaban J connectivity index is 1.72. The first kappa shape index (κ1) is 15.0. The van der Waals surface area contributed by atoms with Crippen LogP contribution in [-0.4, -0.2) is 18.1 Å². The molecule has 0 unspecified atom stereocenters. The molecule has 0 radical (unpaired) electrons. The molecule has 2 aromatic carbocycles. The Morgan fingerprint density at radius 1 is 1.19 bits per heavy atom. The van der Waals surface area contributed by atoms with Crippen molar-refractivity contribution in [2.45, 2.75) is 13.5 Å². The van der Waals surface area contributed by atoms with Gasteiger partial charge in [0.2, 0.25) is 0 Å². The van der Waals surface area contributed by atoms with Gasteiger partial charge in [0, 0.05) is 25.2 Å². The first-order valence-electron chi connectivity index (χ1n) is 6.78. The van der Waals surface area contributed by atoms with Crippen molar-refractivity contribution in [3.8, 4) is 5.75 Å². The number of nitro benzene ring substituents is 1. The average molecular weight is 286 g/mol. The van der Waals surface area contributed by atoms with Crippen molar-refractivity contribution in [2.75, 3.05) is 13.2 Å². The minimum atomic E-state index is -0.385. The van der Waals surface area contributed by atoms with E-state index in [0.29, 0.717) is 19.7 Å². The van der Waals surface area contributed by atoms with Crippen LogP contribution in [0.25, 0.3) is 0 Å². The van der Waals surface area contributed by atoms with E-state index in [-0.39, 0.29) is 10.6 Å². The van der Waals surface area contributed by atoms with E-state index in [1.54, 1.807) is 12.1 Å². The van der Waals surface area contributed by atoms with Crippen LogP contribution in [0.15, 0.2) is 48.5 Å². The summed E-state index contributed by atoms with van der Waals surface area (Å²) in [5.41, 5.74) is 2.17. The summed E-state index contributed by atoms with van der Waals surface area (Å²) in [4.78, 5) is 10.3. The summed E-state index contributed by atoms with van der Waals surface area (Å²) in [5.74, 6) is 0.854. The number of ether oxygens (including phenoxy) is 1. The summed E-state index contributed by atoms with van der Waals surface area (Å²) in [6.45, 7) is 3.83. The minimum Gasteiger partial charge on any atom is -0.492 e. The third-order valence-corrected chi connectivity index (χ3v) is 2.99. The number of rotatable bonds is 7. The van der Waals surface area contributed by atoms with Gasteiger partial charge in [-0.25, -0.2) is 0 Å². The van der Waals surface area contributed by atoms with E-state index in [9.17, 15) is 10.1 Å². The molecule has 0 aliphatic rings. The fourth-order valence-electron chi connectivity index (χ4n) is 1.96. The summed E-state index contributed by atoms with van der Waals surface area (Å²) in [7, 11) is 0. The second-order valence-electron chi connectivity index (χ2n) is 4.77. The number of hydrogen-bond donors (Lipinski definition) is 1. The standard InChI is InChI=1S/C16H18N2O3/c1-13-4-2-7-16(10-13)21-9-8-17-12-14-5-3-6-15(11-14)18(19)20/h2-7,10-11,17H,8-9,12H2,1H3. The number of aryl methyl sites for hydroxylation is 1. The predicted molar refractivity (Wildman–Crippen MR) is 81.5 cm³/mol. The molecule has 2 aromatic rings. The maximum Gasteiger partial charge on any atom is 0.269 e. The van der Waals surface area contributed by atoms with E-state index in [1.807, 2.05) is 37.3 Å². The first-order chi connectivity index (χ1) is 10.1. The van der Waals surface area contributed by atoms with Gasteiger partial charge in [-0.3, -0.25) is 10.1 Å². The molecule has 1 N–H and O–H groups in total. The molecule has 0 aliphatic carbocycles. The zero-order valence-electron chi connectivity index (χ0n) is 11.9. The van der Waals surface area contributed by atoms with Gasteiger partial charge in [0.15, 0.2) is 0 Å². The van der Waals surface area contributed by atoms with Crippen molar-refractivity contribution in [3.05, 3.63) is 69.8 Å². The zero-order valence-corrected chi connectivity index (χ0v) is 11.9. The highest BCUT2D eigenvalue weighted by molar-refractivity contribution is 5.34. The number of non-ortho nitro benzene ring substituents is 1. The second-order valence-corrected chi connectivity index (χ2v) is 4.77. The summed E-state index contributed by atoms with van der Waals surface area (Å²) < 4.78 is 5.62. The van der Waals surface area contributed by atoms with Gasteiger partial charge >= 0.3 is 0 Å². The molecule has 0 aliphatic heterocycles. The van der Waals surface area contributed by atoms with Crippen molar-refractivity contribution in [3.63, 3.8) is 0 Å². The normalized spacial score (nSPS) is 10.3. The Morgan fingerprint density at radius 3 is 2.76 bits per heavy atom. The second kappa shape index (κ2) is 7.40. The van der Waals surface area contributed by atoms with Crippen LogP contribution in [0, 0.1) is 17.0 Å². The smallest absolute Gasteiger partial charge is 0.269 e. The SMILES string of the molecule is Cc1cccc(OCCNCc2cccc([N+](=O)[O-])c2)c1. The van der Waals surface area contributed by atoms with Crippen molar-refractivity contribution in [1.82, 2.24) is 5.32 Å². The predicted octanol–water partition coefficient (Wildman–Crippen LogP) is 3.07. The molecule has 21 heavy (non-hydrogen) atoms. The zero-order chi connectivity index (χ0) is 15.1. The monoisotopic (exact) mass is 286 g/mol. The van der Waals surface area contributed by atoms with Gasteiger partial charge < -0.3 is 10.1 Å². The fraction of sp³-hybridized carbons (Fsp3) is 0.250. The maximum absolute atomic E-state index is 10.7. The molecule has 0 amide bonds. The van der Waals surface area contributed by atoms with E-state index in [0.717, 1.165) is 16.9 Å². The van der Waals surface area contributed by atoms with Gasteiger partial charge in [0.25, 0.3) is 5.69 Å². The lowest BCUT2D eigenvalue weighted by Gasteiger charge is -2.08. The molecule has 0 saturated heterocycles. The molecule has 5 heteroatoms. The highest BCUT2D eigenvalue weighted by Crippen LogP contribution is 2.13. The number of nitrogens with one attached hydrogen (secondary N) is 1. The van der Waals surface area contributed by atoms with Gasteiger partial charge in [-0.05, 0) is 30.2 Å². The highest BCUT2D eigenvalue weighted by atomic mass is 16.6. The quantitative estimate of drug-likeness (QED) is 0.482. The Morgan fingerprint density at radius 2 is 2.00 bits per heavy atom. The lowest BCUT2D eigenvalue weighted by molar-refractivity contribution is -0.384. The number of nitrogens with zero attached hydrogens (tertiary/aromatic N) is 1. The molecule has 0 fully saturated rings. The molecule has 110 valence electrons. The van der Waals surface area contributed by atoms with Gasteiger partial charge in [-0.1, -0.05) is 24.3 Å². The molecule has 0 atom stereocenters. The van der Waals surface area contributed by atoms with Crippen LogP contribution < -0.4 is 10.1 Å². The lowest BCUT2D eigenvalue weighted by atomic mass is 10.2. The van der Waals surface area contributed by atoms with Crippen molar-refractivity contribution >= 4 is 5.69 Å². The molecule has 0 bridgehead atoms. The summed E-state index contributed by atoms with van der Waals surface area (Å²) in [6, 6.07) is 14.5. The van der Waals surface area contributed by atoms with Crippen LogP contribution in [-0.2, 0) is 6.54 Å². The average Bonchev–Trinajstić information content (AvgIpc) is 2.47. The number of benzene rings is 2. The van der Waals surface area contributed by atoms with E-state index in [2.05, 4.69) is 5.32 Å².